The predicted molar refractivity (Wildman–Crippen MR) is 64.4 cm³/mol. The zero-order chi connectivity index (χ0) is 11.0. The first-order valence-electron chi connectivity index (χ1n) is 6.65. The molecule has 1 N–H and O–H groups in total. The van der Waals surface area contributed by atoms with Crippen molar-refractivity contribution >= 4 is 0 Å². The molecule has 1 aliphatic heterocycles. The van der Waals surface area contributed by atoms with Crippen LogP contribution in [-0.2, 0) is 18.5 Å². The maximum Gasteiger partial charge on any atom is 0.0952 e. The number of hydrogen-bond donors (Lipinski definition) is 1. The highest BCUT2D eigenvalue weighted by Crippen LogP contribution is 2.40. The molecular formula is C13H21N3. The Morgan fingerprint density at radius 2 is 2.19 bits per heavy atom. The molecule has 1 spiro atoms. The van der Waals surface area contributed by atoms with Crippen molar-refractivity contribution < 1.29 is 0 Å². The predicted octanol–water partition coefficient (Wildman–Crippen LogP) is 2.21. The van der Waals surface area contributed by atoms with Gasteiger partial charge in [0.1, 0.15) is 0 Å². The Morgan fingerprint density at radius 1 is 1.38 bits per heavy atom. The fourth-order valence-electron chi connectivity index (χ4n) is 3.47. The largest absolute Gasteiger partial charge is 0.333 e. The van der Waals surface area contributed by atoms with Crippen LogP contribution in [0.2, 0.25) is 0 Å². The summed E-state index contributed by atoms with van der Waals surface area (Å²) < 4.78 is 2.35. The number of aryl methyl sites for hydroxylation is 1. The summed E-state index contributed by atoms with van der Waals surface area (Å²) in [5.41, 5.74) is 3.11. The monoisotopic (exact) mass is 219 g/mol. The smallest absolute Gasteiger partial charge is 0.0952 e. The lowest BCUT2D eigenvalue weighted by Gasteiger charge is -2.42. The van der Waals surface area contributed by atoms with Gasteiger partial charge in [0.25, 0.3) is 0 Å². The summed E-state index contributed by atoms with van der Waals surface area (Å²) in [7, 11) is 0. The molecule has 3 heteroatoms. The molecule has 1 fully saturated rings. The van der Waals surface area contributed by atoms with Crippen LogP contribution in [0.1, 0.15) is 50.4 Å². The second-order valence-electron chi connectivity index (χ2n) is 5.15. The van der Waals surface area contributed by atoms with Crippen molar-refractivity contribution in [2.24, 2.45) is 0 Å². The number of aromatic nitrogens is 2. The number of hydrogen-bond acceptors (Lipinski definition) is 2. The highest BCUT2D eigenvalue weighted by Gasteiger charge is 2.40. The highest BCUT2D eigenvalue weighted by atomic mass is 15.1. The van der Waals surface area contributed by atoms with Crippen molar-refractivity contribution in [1.29, 1.82) is 0 Å². The lowest BCUT2D eigenvalue weighted by molar-refractivity contribution is 0.209. The fraction of sp³-hybridized carbons (Fsp3) is 0.769. The Bertz CT molecular complexity index is 361. The molecule has 3 nitrogen and oxygen atoms in total. The van der Waals surface area contributed by atoms with Crippen LogP contribution in [-0.4, -0.2) is 16.1 Å². The van der Waals surface area contributed by atoms with Gasteiger partial charge in [0.05, 0.1) is 23.3 Å². The minimum atomic E-state index is 0.262. The highest BCUT2D eigenvalue weighted by molar-refractivity contribution is 5.27. The third-order valence-electron chi connectivity index (χ3n) is 4.24. The van der Waals surface area contributed by atoms with Crippen LogP contribution in [0.25, 0.3) is 0 Å². The molecule has 16 heavy (non-hydrogen) atoms. The molecule has 3 rings (SSSR count). The van der Waals surface area contributed by atoms with E-state index in [0.29, 0.717) is 0 Å². The Morgan fingerprint density at radius 3 is 2.94 bits per heavy atom. The lowest BCUT2D eigenvalue weighted by atomic mass is 9.76. The van der Waals surface area contributed by atoms with E-state index in [2.05, 4.69) is 21.8 Å². The number of nitrogens with zero attached hydrogens (tertiary/aromatic N) is 2. The van der Waals surface area contributed by atoms with Gasteiger partial charge in [-0.05, 0) is 19.8 Å². The number of fused-ring (bicyclic) bond motifs is 2. The van der Waals surface area contributed by atoms with Gasteiger partial charge in [0.15, 0.2) is 0 Å². The molecular weight excluding hydrogens is 198 g/mol. The van der Waals surface area contributed by atoms with Gasteiger partial charge in [0.2, 0.25) is 0 Å². The summed E-state index contributed by atoms with van der Waals surface area (Å²) in [4.78, 5) is 4.60. The first-order valence-corrected chi connectivity index (χ1v) is 6.65. The van der Waals surface area contributed by atoms with Crippen LogP contribution in [0, 0.1) is 0 Å². The molecule has 0 aromatic carbocycles. The van der Waals surface area contributed by atoms with E-state index < -0.39 is 0 Å². The number of rotatable bonds is 1. The minimum absolute atomic E-state index is 0.262. The summed E-state index contributed by atoms with van der Waals surface area (Å²) in [6.45, 7) is 4.37. The average molecular weight is 219 g/mol. The molecule has 1 aliphatic carbocycles. The van der Waals surface area contributed by atoms with Crippen LogP contribution in [0.5, 0.6) is 0 Å². The average Bonchev–Trinajstić information content (AvgIpc) is 2.75. The molecule has 0 unspecified atom stereocenters. The zero-order valence-corrected chi connectivity index (χ0v) is 10.1. The van der Waals surface area contributed by atoms with Gasteiger partial charge < -0.3 is 9.88 Å². The van der Waals surface area contributed by atoms with Gasteiger partial charge in [-0.1, -0.05) is 19.3 Å². The first kappa shape index (κ1) is 10.3. The standard InChI is InChI=1S/C13H21N3/c1-2-16-10-14-11-6-9-15-13(12(11)16)7-4-3-5-8-13/h10,15H,2-9H2,1H3. The molecule has 0 atom stereocenters. The van der Waals surface area contributed by atoms with Crippen LogP contribution in [0.3, 0.4) is 0 Å². The Labute approximate surface area is 97.3 Å². The van der Waals surface area contributed by atoms with Crippen LogP contribution in [0.15, 0.2) is 6.33 Å². The van der Waals surface area contributed by atoms with E-state index in [1.54, 1.807) is 0 Å². The van der Waals surface area contributed by atoms with Crippen molar-refractivity contribution in [3.05, 3.63) is 17.7 Å². The van der Waals surface area contributed by atoms with Gasteiger partial charge in [-0.25, -0.2) is 4.98 Å². The van der Waals surface area contributed by atoms with Crippen molar-refractivity contribution in [3.63, 3.8) is 0 Å². The second-order valence-corrected chi connectivity index (χ2v) is 5.15. The Balaban J connectivity index is 2.06. The van der Waals surface area contributed by atoms with E-state index in [9.17, 15) is 0 Å². The second kappa shape index (κ2) is 3.88. The summed E-state index contributed by atoms with van der Waals surface area (Å²) >= 11 is 0. The van der Waals surface area contributed by atoms with Gasteiger partial charge in [-0.3, -0.25) is 0 Å². The fourth-order valence-corrected chi connectivity index (χ4v) is 3.47. The molecule has 1 saturated carbocycles. The molecule has 0 saturated heterocycles. The van der Waals surface area contributed by atoms with Crippen molar-refractivity contribution in [3.8, 4) is 0 Å². The minimum Gasteiger partial charge on any atom is -0.333 e. The van der Waals surface area contributed by atoms with E-state index in [1.807, 2.05) is 6.33 Å². The van der Waals surface area contributed by atoms with E-state index in [-0.39, 0.29) is 5.54 Å². The van der Waals surface area contributed by atoms with Gasteiger partial charge in [0, 0.05) is 19.5 Å². The Hall–Kier alpha value is -0.830. The van der Waals surface area contributed by atoms with Crippen molar-refractivity contribution in [2.45, 2.75) is 57.5 Å². The number of imidazole rings is 1. The van der Waals surface area contributed by atoms with E-state index in [4.69, 9.17) is 0 Å². The molecule has 0 radical (unpaired) electrons. The van der Waals surface area contributed by atoms with E-state index in [1.165, 1.54) is 43.5 Å². The van der Waals surface area contributed by atoms with Crippen molar-refractivity contribution in [1.82, 2.24) is 14.9 Å². The zero-order valence-electron chi connectivity index (χ0n) is 10.1. The summed E-state index contributed by atoms with van der Waals surface area (Å²) in [6.07, 6.45) is 9.86. The first-order chi connectivity index (χ1) is 7.86. The topological polar surface area (TPSA) is 29.9 Å². The SMILES string of the molecule is CCn1cnc2c1C1(CCCCC1)NCC2. The van der Waals surface area contributed by atoms with Crippen LogP contribution in [0.4, 0.5) is 0 Å². The normalized spacial score (nSPS) is 23.3. The lowest BCUT2D eigenvalue weighted by Crippen LogP contribution is -2.49. The summed E-state index contributed by atoms with van der Waals surface area (Å²) in [5.74, 6) is 0. The number of nitrogens with one attached hydrogen (secondary N) is 1. The molecule has 1 aromatic heterocycles. The maximum absolute atomic E-state index is 4.60. The molecule has 0 bridgehead atoms. The van der Waals surface area contributed by atoms with Gasteiger partial charge >= 0.3 is 0 Å². The van der Waals surface area contributed by atoms with E-state index in [0.717, 1.165) is 19.5 Å². The quantitative estimate of drug-likeness (QED) is 0.785. The molecule has 2 heterocycles. The summed E-state index contributed by atoms with van der Waals surface area (Å²) in [6, 6.07) is 0. The molecule has 2 aliphatic rings. The van der Waals surface area contributed by atoms with E-state index >= 15 is 0 Å². The van der Waals surface area contributed by atoms with Gasteiger partial charge in [-0.15, -0.1) is 0 Å². The van der Waals surface area contributed by atoms with Crippen molar-refractivity contribution in [2.75, 3.05) is 6.54 Å². The van der Waals surface area contributed by atoms with Crippen LogP contribution < -0.4 is 5.32 Å². The molecule has 1 aromatic rings. The Kier molecular flexibility index (Phi) is 2.51. The molecule has 0 amide bonds. The van der Waals surface area contributed by atoms with Gasteiger partial charge in [-0.2, -0.15) is 0 Å². The third-order valence-corrected chi connectivity index (χ3v) is 4.24. The summed E-state index contributed by atoms with van der Waals surface area (Å²) in [5, 5.41) is 3.79. The molecule has 88 valence electrons. The van der Waals surface area contributed by atoms with Crippen LogP contribution >= 0.6 is 0 Å². The third kappa shape index (κ3) is 1.41. The maximum atomic E-state index is 4.60.